The molecule has 0 bridgehead atoms. The first-order valence-corrected chi connectivity index (χ1v) is 8.99. The standard InChI is InChI=1S/C14H28O5S.K/c1-2-3-4-5-6-7-8-9-10-11-13(16)14(12-15)20(17,18)19;/h14-15H,2-12H2,1H3,(H,17,18,19);/q;+1/p-1. The minimum absolute atomic E-state index is 0. The molecule has 7 heteroatoms. The van der Waals surface area contributed by atoms with Gasteiger partial charge in [0.05, 0.1) is 6.61 Å². The normalized spacial score (nSPS) is 12.7. The molecule has 0 heterocycles. The van der Waals surface area contributed by atoms with Gasteiger partial charge in [0.15, 0.2) is 5.78 Å². The average Bonchev–Trinajstić information content (AvgIpc) is 2.36. The number of hydrogen-bond acceptors (Lipinski definition) is 5. The van der Waals surface area contributed by atoms with Crippen molar-refractivity contribution in [1.29, 1.82) is 0 Å². The van der Waals surface area contributed by atoms with Gasteiger partial charge in [-0.1, -0.05) is 58.3 Å². The smallest absolute Gasteiger partial charge is 0.747 e. The molecule has 0 amide bonds. The fraction of sp³-hybridized carbons (Fsp3) is 0.929. The van der Waals surface area contributed by atoms with Gasteiger partial charge in [-0.15, -0.1) is 0 Å². The van der Waals surface area contributed by atoms with Crippen molar-refractivity contribution >= 4 is 15.9 Å². The van der Waals surface area contributed by atoms with Crippen molar-refractivity contribution in [2.75, 3.05) is 6.61 Å². The van der Waals surface area contributed by atoms with Crippen molar-refractivity contribution < 1.29 is 74.3 Å². The Morgan fingerprint density at radius 3 is 1.81 bits per heavy atom. The molecule has 0 radical (unpaired) electrons. The van der Waals surface area contributed by atoms with Crippen LogP contribution in [0.5, 0.6) is 0 Å². The van der Waals surface area contributed by atoms with Gasteiger partial charge in [-0.25, -0.2) is 8.42 Å². The monoisotopic (exact) mass is 346 g/mol. The number of ketones is 1. The van der Waals surface area contributed by atoms with Gasteiger partial charge in [0.2, 0.25) is 0 Å². The molecule has 1 unspecified atom stereocenters. The first-order chi connectivity index (χ1) is 9.43. The van der Waals surface area contributed by atoms with Crippen LogP contribution in [0.25, 0.3) is 0 Å². The molecule has 0 saturated carbocycles. The second-order valence-electron chi connectivity index (χ2n) is 5.21. The Labute approximate surface area is 171 Å². The van der Waals surface area contributed by atoms with Gasteiger partial charge in [0, 0.05) is 6.42 Å². The van der Waals surface area contributed by atoms with Crippen LogP contribution in [0.15, 0.2) is 0 Å². The number of rotatable bonds is 13. The molecule has 0 aliphatic rings. The molecule has 1 N–H and O–H groups in total. The van der Waals surface area contributed by atoms with E-state index in [4.69, 9.17) is 5.11 Å². The van der Waals surface area contributed by atoms with E-state index >= 15 is 0 Å². The molecule has 0 fully saturated rings. The van der Waals surface area contributed by atoms with Gasteiger partial charge in [0.25, 0.3) is 0 Å². The van der Waals surface area contributed by atoms with E-state index in [1.165, 1.54) is 32.1 Å². The van der Waals surface area contributed by atoms with Crippen LogP contribution in [0.2, 0.25) is 0 Å². The van der Waals surface area contributed by atoms with Gasteiger partial charge in [0.1, 0.15) is 15.4 Å². The summed E-state index contributed by atoms with van der Waals surface area (Å²) in [5.74, 6) is -0.662. The molecule has 0 aliphatic carbocycles. The Morgan fingerprint density at radius 2 is 1.43 bits per heavy atom. The molecular weight excluding hydrogens is 319 g/mol. The SMILES string of the molecule is CCCCCCCCCCCC(=O)C(CO)S(=O)(=O)[O-].[K+]. The predicted molar refractivity (Wildman–Crippen MR) is 77.4 cm³/mol. The summed E-state index contributed by atoms with van der Waals surface area (Å²) in [4.78, 5) is 11.5. The zero-order valence-electron chi connectivity index (χ0n) is 13.3. The number of carbonyl (C=O) groups excluding carboxylic acids is 1. The second kappa shape index (κ2) is 14.7. The van der Waals surface area contributed by atoms with Gasteiger partial charge >= 0.3 is 51.4 Å². The molecule has 120 valence electrons. The Balaban J connectivity index is 0. The van der Waals surface area contributed by atoms with E-state index in [-0.39, 0.29) is 57.8 Å². The first-order valence-electron chi connectivity index (χ1n) is 7.51. The molecule has 0 spiro atoms. The largest absolute Gasteiger partial charge is 1.00 e. The zero-order chi connectivity index (χ0) is 15.4. The molecule has 0 rings (SSSR count). The van der Waals surface area contributed by atoms with Gasteiger partial charge in [-0.3, -0.25) is 4.79 Å². The van der Waals surface area contributed by atoms with Crippen LogP contribution in [-0.4, -0.2) is 35.7 Å². The number of aliphatic hydroxyl groups excluding tert-OH is 1. The third kappa shape index (κ3) is 13.3. The molecule has 21 heavy (non-hydrogen) atoms. The van der Waals surface area contributed by atoms with Crippen molar-refractivity contribution in [2.45, 2.75) is 76.4 Å². The third-order valence-corrected chi connectivity index (χ3v) is 4.51. The average molecular weight is 347 g/mol. The molecule has 1 atom stereocenters. The van der Waals surface area contributed by atoms with Crippen LogP contribution in [0, 0.1) is 0 Å². The van der Waals surface area contributed by atoms with Crippen LogP contribution in [-0.2, 0) is 14.9 Å². The van der Waals surface area contributed by atoms with E-state index in [9.17, 15) is 17.8 Å². The van der Waals surface area contributed by atoms with Gasteiger partial charge in [-0.2, -0.15) is 0 Å². The Hall–Kier alpha value is 1.18. The van der Waals surface area contributed by atoms with Gasteiger partial charge in [-0.05, 0) is 6.42 Å². The maximum Gasteiger partial charge on any atom is 1.00 e. The van der Waals surface area contributed by atoms with Crippen molar-refractivity contribution in [3.05, 3.63) is 0 Å². The maximum atomic E-state index is 11.5. The van der Waals surface area contributed by atoms with Crippen molar-refractivity contribution in [3.63, 3.8) is 0 Å². The Bertz CT molecular complexity index is 356. The van der Waals surface area contributed by atoms with E-state index in [2.05, 4.69) is 6.92 Å². The molecule has 0 aromatic heterocycles. The number of carbonyl (C=O) groups is 1. The second-order valence-corrected chi connectivity index (χ2v) is 6.76. The number of unbranched alkanes of at least 4 members (excludes halogenated alkanes) is 8. The van der Waals surface area contributed by atoms with E-state index in [0.717, 1.165) is 19.3 Å². The number of Topliss-reactive ketones (excluding diaryl/α,β-unsaturated/α-hetero) is 1. The minimum Gasteiger partial charge on any atom is -0.747 e. The minimum atomic E-state index is -4.72. The van der Waals surface area contributed by atoms with Crippen LogP contribution >= 0.6 is 0 Å². The summed E-state index contributed by atoms with van der Waals surface area (Å²) >= 11 is 0. The van der Waals surface area contributed by atoms with Gasteiger partial charge < -0.3 is 9.66 Å². The maximum absolute atomic E-state index is 11.5. The molecule has 0 aromatic rings. The predicted octanol–water partition coefficient (Wildman–Crippen LogP) is -0.613. The number of hydrogen-bond donors (Lipinski definition) is 1. The zero-order valence-corrected chi connectivity index (χ0v) is 17.3. The fourth-order valence-corrected chi connectivity index (χ4v) is 2.75. The quantitative estimate of drug-likeness (QED) is 0.273. The topological polar surface area (TPSA) is 94.5 Å². The summed E-state index contributed by atoms with van der Waals surface area (Å²) < 4.78 is 32.2. The van der Waals surface area contributed by atoms with Crippen molar-refractivity contribution in [2.24, 2.45) is 0 Å². The third-order valence-electron chi connectivity index (χ3n) is 3.40. The molecule has 5 nitrogen and oxygen atoms in total. The van der Waals surface area contributed by atoms with E-state index in [1.54, 1.807) is 0 Å². The summed E-state index contributed by atoms with van der Waals surface area (Å²) in [5, 5.41) is 6.99. The molecule has 0 aliphatic heterocycles. The Kier molecular flexibility index (Phi) is 17.2. The van der Waals surface area contributed by atoms with Crippen molar-refractivity contribution in [3.8, 4) is 0 Å². The van der Waals surface area contributed by atoms with E-state index in [0.29, 0.717) is 6.42 Å². The first kappa shape index (κ1) is 24.4. The van der Waals surface area contributed by atoms with Crippen LogP contribution in [0.3, 0.4) is 0 Å². The summed E-state index contributed by atoms with van der Waals surface area (Å²) in [5.41, 5.74) is 0. The van der Waals surface area contributed by atoms with E-state index < -0.39 is 27.8 Å². The summed E-state index contributed by atoms with van der Waals surface area (Å²) in [6.07, 6.45) is 9.87. The van der Waals surface area contributed by atoms with Crippen LogP contribution in [0.1, 0.15) is 71.1 Å². The fourth-order valence-electron chi connectivity index (χ4n) is 2.12. The summed E-state index contributed by atoms with van der Waals surface area (Å²) in [7, 11) is -4.72. The van der Waals surface area contributed by atoms with E-state index in [1.807, 2.05) is 0 Å². The summed E-state index contributed by atoms with van der Waals surface area (Å²) in [6, 6.07) is 0. The Morgan fingerprint density at radius 1 is 1.00 bits per heavy atom. The van der Waals surface area contributed by atoms with Crippen molar-refractivity contribution in [1.82, 2.24) is 0 Å². The van der Waals surface area contributed by atoms with Crippen LogP contribution < -0.4 is 51.4 Å². The number of aliphatic hydroxyl groups is 1. The molecule has 0 aromatic carbocycles. The molecule has 0 saturated heterocycles. The molecular formula is C14H27KO5S. The van der Waals surface area contributed by atoms with Crippen LogP contribution in [0.4, 0.5) is 0 Å². The summed E-state index contributed by atoms with van der Waals surface area (Å²) in [6.45, 7) is 1.26.